The molecule has 3 aromatic rings. The summed E-state index contributed by atoms with van der Waals surface area (Å²) in [5.41, 5.74) is 1.68. The van der Waals surface area contributed by atoms with Gasteiger partial charge in [-0.1, -0.05) is 12.1 Å². The maximum atomic E-state index is 12.1. The Balaban J connectivity index is 1.98. The topological polar surface area (TPSA) is 66.8 Å². The van der Waals surface area contributed by atoms with E-state index in [1.54, 1.807) is 10.7 Å². The standard InChI is InChI=1S/C15H17N5O/c1-3-20(10-11-8-16-19(2)9-11)15-17-13-7-5-4-6-12(13)14(21)18-15/h4-9H,3,10H2,1-2H3,(H,17,18,21). The number of anilines is 1. The van der Waals surface area contributed by atoms with Gasteiger partial charge >= 0.3 is 0 Å². The maximum absolute atomic E-state index is 12.1. The number of benzene rings is 1. The smallest absolute Gasteiger partial charge is 0.260 e. The molecule has 0 saturated carbocycles. The predicted molar refractivity (Wildman–Crippen MR) is 82.3 cm³/mol. The summed E-state index contributed by atoms with van der Waals surface area (Å²) in [7, 11) is 1.88. The Labute approximate surface area is 122 Å². The fraction of sp³-hybridized carbons (Fsp3) is 0.267. The van der Waals surface area contributed by atoms with E-state index in [2.05, 4.69) is 15.1 Å². The summed E-state index contributed by atoms with van der Waals surface area (Å²) >= 11 is 0. The highest BCUT2D eigenvalue weighted by molar-refractivity contribution is 5.78. The lowest BCUT2D eigenvalue weighted by Gasteiger charge is -2.20. The van der Waals surface area contributed by atoms with Crippen molar-refractivity contribution in [3.63, 3.8) is 0 Å². The summed E-state index contributed by atoms with van der Waals surface area (Å²) in [5, 5.41) is 4.77. The third-order valence-electron chi connectivity index (χ3n) is 3.41. The van der Waals surface area contributed by atoms with Crippen LogP contribution < -0.4 is 10.5 Å². The highest BCUT2D eigenvalue weighted by atomic mass is 16.1. The fourth-order valence-electron chi connectivity index (χ4n) is 2.33. The quantitative estimate of drug-likeness (QED) is 0.791. The molecule has 6 heteroatoms. The summed E-state index contributed by atoms with van der Waals surface area (Å²) in [5.74, 6) is 0.588. The van der Waals surface area contributed by atoms with Gasteiger partial charge in [0.25, 0.3) is 5.56 Å². The van der Waals surface area contributed by atoms with Gasteiger partial charge in [-0.2, -0.15) is 5.10 Å². The number of nitrogens with zero attached hydrogens (tertiary/aromatic N) is 4. The molecule has 0 aliphatic heterocycles. The highest BCUT2D eigenvalue weighted by Gasteiger charge is 2.11. The van der Waals surface area contributed by atoms with Gasteiger partial charge in [-0.15, -0.1) is 0 Å². The zero-order chi connectivity index (χ0) is 14.8. The Hall–Kier alpha value is -2.63. The van der Waals surface area contributed by atoms with E-state index in [-0.39, 0.29) is 5.56 Å². The van der Waals surface area contributed by atoms with Crippen molar-refractivity contribution in [2.75, 3.05) is 11.4 Å². The lowest BCUT2D eigenvalue weighted by Crippen LogP contribution is -2.26. The lowest BCUT2D eigenvalue weighted by atomic mass is 10.2. The van der Waals surface area contributed by atoms with Crippen molar-refractivity contribution in [2.45, 2.75) is 13.5 Å². The van der Waals surface area contributed by atoms with E-state index in [1.165, 1.54) is 0 Å². The summed E-state index contributed by atoms with van der Waals surface area (Å²) in [4.78, 5) is 21.6. The Kier molecular flexibility index (Phi) is 3.43. The minimum absolute atomic E-state index is 0.111. The van der Waals surface area contributed by atoms with Crippen LogP contribution in [0.15, 0.2) is 41.5 Å². The number of fused-ring (bicyclic) bond motifs is 1. The molecule has 0 atom stereocenters. The van der Waals surface area contributed by atoms with Crippen LogP contribution >= 0.6 is 0 Å². The van der Waals surface area contributed by atoms with E-state index in [9.17, 15) is 4.79 Å². The number of rotatable bonds is 4. The average Bonchev–Trinajstić information content (AvgIpc) is 2.90. The zero-order valence-corrected chi connectivity index (χ0v) is 12.1. The molecule has 0 aliphatic carbocycles. The van der Waals surface area contributed by atoms with Crippen LogP contribution in [0.2, 0.25) is 0 Å². The molecule has 0 unspecified atom stereocenters. The first-order chi connectivity index (χ1) is 10.2. The van der Waals surface area contributed by atoms with E-state index in [0.29, 0.717) is 23.4 Å². The van der Waals surface area contributed by atoms with Crippen molar-refractivity contribution >= 4 is 16.9 Å². The van der Waals surface area contributed by atoms with Gasteiger partial charge in [-0.25, -0.2) is 4.98 Å². The van der Waals surface area contributed by atoms with Gasteiger partial charge in [0.1, 0.15) is 0 Å². The van der Waals surface area contributed by atoms with Crippen molar-refractivity contribution in [1.82, 2.24) is 19.7 Å². The first-order valence-electron chi connectivity index (χ1n) is 6.89. The number of aromatic amines is 1. The van der Waals surface area contributed by atoms with E-state index in [4.69, 9.17) is 0 Å². The van der Waals surface area contributed by atoms with Crippen molar-refractivity contribution in [3.8, 4) is 0 Å². The number of para-hydroxylation sites is 1. The number of nitrogens with one attached hydrogen (secondary N) is 1. The van der Waals surface area contributed by atoms with E-state index in [1.807, 2.05) is 49.5 Å². The SMILES string of the molecule is CCN(Cc1cnn(C)c1)c1nc2ccccc2c(=O)[nH]1. The Morgan fingerprint density at radius 2 is 2.14 bits per heavy atom. The van der Waals surface area contributed by atoms with Gasteiger partial charge in [0.05, 0.1) is 17.1 Å². The molecule has 0 spiro atoms. The van der Waals surface area contributed by atoms with E-state index in [0.717, 1.165) is 12.1 Å². The minimum atomic E-state index is -0.111. The van der Waals surface area contributed by atoms with Gasteiger partial charge in [0, 0.05) is 31.9 Å². The number of H-pyrrole nitrogens is 1. The fourth-order valence-corrected chi connectivity index (χ4v) is 2.33. The minimum Gasteiger partial charge on any atom is -0.338 e. The number of hydrogen-bond acceptors (Lipinski definition) is 4. The Morgan fingerprint density at radius 1 is 1.33 bits per heavy atom. The number of aromatic nitrogens is 4. The van der Waals surface area contributed by atoms with Crippen molar-refractivity contribution in [2.24, 2.45) is 7.05 Å². The van der Waals surface area contributed by atoms with Crippen molar-refractivity contribution in [1.29, 1.82) is 0 Å². The van der Waals surface area contributed by atoms with E-state index >= 15 is 0 Å². The molecule has 2 aromatic heterocycles. The molecule has 0 aliphatic rings. The zero-order valence-electron chi connectivity index (χ0n) is 12.1. The second-order valence-electron chi connectivity index (χ2n) is 4.94. The predicted octanol–water partition coefficient (Wildman–Crippen LogP) is 1.68. The molecule has 6 nitrogen and oxygen atoms in total. The van der Waals surface area contributed by atoms with Crippen molar-refractivity contribution < 1.29 is 0 Å². The molecule has 1 N–H and O–H groups in total. The van der Waals surface area contributed by atoms with Gasteiger partial charge in [0.15, 0.2) is 0 Å². The number of hydrogen-bond donors (Lipinski definition) is 1. The van der Waals surface area contributed by atoms with Gasteiger partial charge in [0.2, 0.25) is 5.95 Å². The molecule has 3 rings (SSSR count). The monoisotopic (exact) mass is 283 g/mol. The second-order valence-corrected chi connectivity index (χ2v) is 4.94. The van der Waals surface area contributed by atoms with Gasteiger partial charge < -0.3 is 4.90 Å². The van der Waals surface area contributed by atoms with Crippen LogP contribution in [0.5, 0.6) is 0 Å². The summed E-state index contributed by atoms with van der Waals surface area (Å²) in [6.45, 7) is 3.44. The molecular weight excluding hydrogens is 266 g/mol. The van der Waals surface area contributed by atoms with Crippen LogP contribution in [-0.4, -0.2) is 26.3 Å². The Bertz CT molecular complexity index is 820. The normalized spacial score (nSPS) is 11.0. The van der Waals surface area contributed by atoms with Crippen LogP contribution in [0.1, 0.15) is 12.5 Å². The van der Waals surface area contributed by atoms with Crippen LogP contribution in [-0.2, 0) is 13.6 Å². The lowest BCUT2D eigenvalue weighted by molar-refractivity contribution is 0.763. The average molecular weight is 283 g/mol. The third kappa shape index (κ3) is 2.65. The molecule has 0 fully saturated rings. The first-order valence-corrected chi connectivity index (χ1v) is 6.89. The van der Waals surface area contributed by atoms with Crippen molar-refractivity contribution in [3.05, 3.63) is 52.6 Å². The highest BCUT2D eigenvalue weighted by Crippen LogP contribution is 2.14. The van der Waals surface area contributed by atoms with Crippen LogP contribution in [0.25, 0.3) is 10.9 Å². The number of aryl methyl sites for hydroxylation is 1. The van der Waals surface area contributed by atoms with Gasteiger partial charge in [-0.05, 0) is 19.1 Å². The molecular formula is C15H17N5O. The Morgan fingerprint density at radius 3 is 2.86 bits per heavy atom. The first kappa shape index (κ1) is 13.4. The molecule has 0 saturated heterocycles. The molecule has 0 amide bonds. The molecule has 108 valence electrons. The van der Waals surface area contributed by atoms with Crippen LogP contribution in [0, 0.1) is 0 Å². The maximum Gasteiger partial charge on any atom is 0.260 e. The molecule has 2 heterocycles. The van der Waals surface area contributed by atoms with Gasteiger partial charge in [-0.3, -0.25) is 14.5 Å². The molecule has 1 aromatic carbocycles. The largest absolute Gasteiger partial charge is 0.338 e. The summed E-state index contributed by atoms with van der Waals surface area (Å²) in [6, 6.07) is 7.36. The van der Waals surface area contributed by atoms with E-state index < -0.39 is 0 Å². The molecule has 0 radical (unpaired) electrons. The summed E-state index contributed by atoms with van der Waals surface area (Å²) in [6.07, 6.45) is 3.78. The molecule has 0 bridgehead atoms. The summed E-state index contributed by atoms with van der Waals surface area (Å²) < 4.78 is 1.76. The molecule has 21 heavy (non-hydrogen) atoms. The second kappa shape index (κ2) is 5.40. The van der Waals surface area contributed by atoms with Crippen LogP contribution in [0.3, 0.4) is 0 Å². The van der Waals surface area contributed by atoms with Crippen LogP contribution in [0.4, 0.5) is 5.95 Å². The third-order valence-corrected chi connectivity index (χ3v) is 3.41.